The summed E-state index contributed by atoms with van der Waals surface area (Å²) < 4.78 is 1.24. The molecule has 0 radical (unpaired) electrons. The molecule has 0 unspecified atom stereocenters. The van der Waals surface area contributed by atoms with E-state index in [0.29, 0.717) is 0 Å². The van der Waals surface area contributed by atoms with Crippen LogP contribution in [0, 0.1) is 0 Å². The third kappa shape index (κ3) is 6.20. The fraction of sp³-hybridized carbons (Fsp3) is 1.00. The van der Waals surface area contributed by atoms with Gasteiger partial charge in [0.05, 0.1) is 0 Å². The van der Waals surface area contributed by atoms with Crippen molar-refractivity contribution in [3.63, 3.8) is 0 Å². The predicted octanol–water partition coefficient (Wildman–Crippen LogP) is 1.69. The molecule has 12 heavy (non-hydrogen) atoms. The summed E-state index contributed by atoms with van der Waals surface area (Å²) in [4.78, 5) is 4.86. The predicted molar refractivity (Wildman–Crippen MR) is 64.2 cm³/mol. The van der Waals surface area contributed by atoms with Crippen LogP contribution in [-0.2, 0) is 0 Å². The normalized spacial score (nSPS) is 11.5. The molecule has 0 aliphatic carbocycles. The lowest BCUT2D eigenvalue weighted by Gasteiger charge is -2.22. The van der Waals surface area contributed by atoms with Crippen molar-refractivity contribution in [1.29, 1.82) is 0 Å². The van der Waals surface area contributed by atoms with Crippen LogP contribution in [-0.4, -0.2) is 54.0 Å². The molecule has 0 N–H and O–H groups in total. The van der Waals surface area contributed by atoms with Crippen LogP contribution in [0.2, 0.25) is 0 Å². The summed E-state index contributed by atoms with van der Waals surface area (Å²) in [7, 11) is 2.18. The van der Waals surface area contributed by atoms with Crippen LogP contribution >= 0.6 is 22.6 Å². The van der Waals surface area contributed by atoms with Gasteiger partial charge in [0.2, 0.25) is 0 Å². The van der Waals surface area contributed by atoms with E-state index in [-0.39, 0.29) is 0 Å². The van der Waals surface area contributed by atoms with Gasteiger partial charge in [-0.1, -0.05) is 36.4 Å². The number of alkyl halides is 1. The Labute approximate surface area is 90.4 Å². The highest BCUT2D eigenvalue weighted by Gasteiger charge is 2.01. The molecule has 0 aromatic rings. The minimum Gasteiger partial charge on any atom is -0.305 e. The van der Waals surface area contributed by atoms with Crippen LogP contribution < -0.4 is 0 Å². The quantitative estimate of drug-likeness (QED) is 0.518. The molecule has 0 saturated carbocycles. The van der Waals surface area contributed by atoms with Gasteiger partial charge in [-0.3, -0.25) is 0 Å². The van der Waals surface area contributed by atoms with Crippen molar-refractivity contribution >= 4 is 22.6 Å². The molecule has 3 heteroatoms. The molecule has 0 atom stereocenters. The van der Waals surface area contributed by atoms with E-state index in [1.54, 1.807) is 0 Å². The standard InChI is InChI=1S/C9H21IN2/c1-4-11(3)8-9-12(5-2)7-6-10/h4-9H2,1-3H3. The molecule has 0 heterocycles. The summed E-state index contributed by atoms with van der Waals surface area (Å²) in [5, 5.41) is 0. The van der Waals surface area contributed by atoms with Gasteiger partial charge in [-0.05, 0) is 20.1 Å². The zero-order chi connectivity index (χ0) is 9.40. The summed E-state index contributed by atoms with van der Waals surface area (Å²) in [5.41, 5.74) is 0. The van der Waals surface area contributed by atoms with E-state index < -0.39 is 0 Å². The van der Waals surface area contributed by atoms with Crippen LogP contribution in [0.4, 0.5) is 0 Å². The van der Waals surface area contributed by atoms with Crippen LogP contribution in [0.1, 0.15) is 13.8 Å². The van der Waals surface area contributed by atoms with Crippen LogP contribution in [0.15, 0.2) is 0 Å². The van der Waals surface area contributed by atoms with Crippen molar-refractivity contribution in [2.24, 2.45) is 0 Å². The maximum Gasteiger partial charge on any atom is 0.0123 e. The molecule has 0 aromatic carbocycles. The van der Waals surface area contributed by atoms with E-state index in [4.69, 9.17) is 0 Å². The maximum absolute atomic E-state index is 2.50. The largest absolute Gasteiger partial charge is 0.305 e. The summed E-state index contributed by atoms with van der Waals surface area (Å²) in [6.07, 6.45) is 0. The fourth-order valence-electron chi connectivity index (χ4n) is 1.02. The fourth-order valence-corrected chi connectivity index (χ4v) is 1.70. The summed E-state index contributed by atoms with van der Waals surface area (Å²) in [6, 6.07) is 0. The molecule has 0 aromatic heterocycles. The number of hydrogen-bond donors (Lipinski definition) is 0. The number of nitrogens with zero attached hydrogens (tertiary/aromatic N) is 2. The first-order valence-electron chi connectivity index (χ1n) is 4.71. The zero-order valence-electron chi connectivity index (χ0n) is 8.52. The highest BCUT2D eigenvalue weighted by Crippen LogP contribution is 1.92. The van der Waals surface area contributed by atoms with Crippen molar-refractivity contribution in [3.05, 3.63) is 0 Å². The van der Waals surface area contributed by atoms with E-state index in [2.05, 4.69) is 53.3 Å². The Morgan fingerprint density at radius 2 is 1.67 bits per heavy atom. The molecule has 0 rings (SSSR count). The minimum atomic E-state index is 1.15. The number of halogens is 1. The molecule has 0 bridgehead atoms. The lowest BCUT2D eigenvalue weighted by Crippen LogP contribution is -2.34. The third-order valence-electron chi connectivity index (χ3n) is 2.19. The average Bonchev–Trinajstić information content (AvgIpc) is 2.11. The smallest absolute Gasteiger partial charge is 0.0123 e. The van der Waals surface area contributed by atoms with Crippen molar-refractivity contribution in [2.75, 3.05) is 44.2 Å². The van der Waals surface area contributed by atoms with Crippen molar-refractivity contribution < 1.29 is 0 Å². The lowest BCUT2D eigenvalue weighted by molar-refractivity contribution is 0.249. The van der Waals surface area contributed by atoms with Crippen LogP contribution in [0.25, 0.3) is 0 Å². The molecule has 0 aliphatic heterocycles. The zero-order valence-corrected chi connectivity index (χ0v) is 10.7. The molecule has 2 nitrogen and oxygen atoms in total. The summed E-state index contributed by atoms with van der Waals surface area (Å²) in [6.45, 7) is 10.4. The van der Waals surface area contributed by atoms with Gasteiger partial charge in [-0.25, -0.2) is 0 Å². The first-order chi connectivity index (χ1) is 5.74. The Bertz CT molecular complexity index is 98.5. The third-order valence-corrected chi connectivity index (χ3v) is 2.67. The molecule has 0 saturated heterocycles. The van der Waals surface area contributed by atoms with Gasteiger partial charge in [-0.15, -0.1) is 0 Å². The number of rotatable bonds is 7. The van der Waals surface area contributed by atoms with E-state index in [1.807, 2.05) is 0 Å². The Hall–Kier alpha value is 0.650. The van der Waals surface area contributed by atoms with Gasteiger partial charge >= 0.3 is 0 Å². The molecular formula is C9H21IN2. The molecule has 0 spiro atoms. The number of hydrogen-bond acceptors (Lipinski definition) is 2. The second kappa shape index (κ2) is 8.26. The average molecular weight is 284 g/mol. The summed E-state index contributed by atoms with van der Waals surface area (Å²) >= 11 is 2.44. The highest BCUT2D eigenvalue weighted by molar-refractivity contribution is 14.1. The van der Waals surface area contributed by atoms with Crippen molar-refractivity contribution in [2.45, 2.75) is 13.8 Å². The Balaban J connectivity index is 3.43. The first-order valence-corrected chi connectivity index (χ1v) is 6.24. The minimum absolute atomic E-state index is 1.15. The molecule has 0 amide bonds. The van der Waals surface area contributed by atoms with Gasteiger partial charge < -0.3 is 9.80 Å². The first kappa shape index (κ1) is 12.7. The van der Waals surface area contributed by atoms with E-state index >= 15 is 0 Å². The molecule has 0 aliphatic rings. The second-order valence-corrected chi connectivity index (χ2v) is 4.10. The number of likely N-dealkylation sites (N-methyl/N-ethyl adjacent to an activating group) is 2. The summed E-state index contributed by atoms with van der Waals surface area (Å²) in [5.74, 6) is 0. The monoisotopic (exact) mass is 284 g/mol. The van der Waals surface area contributed by atoms with E-state index in [0.717, 1.165) is 6.54 Å². The molecule has 74 valence electrons. The maximum atomic E-state index is 2.50. The Morgan fingerprint density at radius 3 is 2.08 bits per heavy atom. The SMILES string of the molecule is CCN(C)CCN(CC)CCI. The second-order valence-electron chi connectivity index (χ2n) is 3.02. The van der Waals surface area contributed by atoms with E-state index in [1.165, 1.54) is 30.6 Å². The van der Waals surface area contributed by atoms with Crippen LogP contribution in [0.5, 0.6) is 0 Å². The molecular weight excluding hydrogens is 263 g/mol. The topological polar surface area (TPSA) is 6.48 Å². The van der Waals surface area contributed by atoms with Gasteiger partial charge in [0.1, 0.15) is 0 Å². The van der Waals surface area contributed by atoms with E-state index in [9.17, 15) is 0 Å². The van der Waals surface area contributed by atoms with Gasteiger partial charge in [0.15, 0.2) is 0 Å². The van der Waals surface area contributed by atoms with Crippen molar-refractivity contribution in [1.82, 2.24) is 9.80 Å². The Kier molecular flexibility index (Phi) is 8.70. The van der Waals surface area contributed by atoms with Gasteiger partial charge in [-0.2, -0.15) is 0 Å². The lowest BCUT2D eigenvalue weighted by atomic mass is 10.4. The molecule has 0 fully saturated rings. The van der Waals surface area contributed by atoms with Gasteiger partial charge in [0.25, 0.3) is 0 Å². The Morgan fingerprint density at radius 1 is 1.00 bits per heavy atom. The van der Waals surface area contributed by atoms with Crippen LogP contribution in [0.3, 0.4) is 0 Å². The van der Waals surface area contributed by atoms with Crippen molar-refractivity contribution in [3.8, 4) is 0 Å². The van der Waals surface area contributed by atoms with Gasteiger partial charge in [0, 0.05) is 24.1 Å². The highest BCUT2D eigenvalue weighted by atomic mass is 127.